The third kappa shape index (κ3) is 4.79. The first-order valence-electron chi connectivity index (χ1n) is 10.2. The molecule has 9 heteroatoms. The van der Waals surface area contributed by atoms with E-state index in [1.165, 1.54) is 16.4 Å². The van der Waals surface area contributed by atoms with E-state index in [4.69, 9.17) is 0 Å². The van der Waals surface area contributed by atoms with Crippen molar-refractivity contribution in [1.82, 2.24) is 4.31 Å². The molecule has 0 bridgehead atoms. The molecular weight excluding hydrogens is 453 g/mol. The van der Waals surface area contributed by atoms with Gasteiger partial charge in [0.2, 0.25) is 10.0 Å². The van der Waals surface area contributed by atoms with Gasteiger partial charge in [0.1, 0.15) is 0 Å². The molecule has 1 N–H and O–H groups in total. The normalized spacial score (nSPS) is 14.5. The van der Waals surface area contributed by atoms with Crippen LogP contribution in [0.1, 0.15) is 32.6 Å². The molecule has 1 aliphatic heterocycles. The fourth-order valence-corrected chi connectivity index (χ4v) is 5.22. The van der Waals surface area contributed by atoms with Crippen molar-refractivity contribution in [1.29, 1.82) is 0 Å². The van der Waals surface area contributed by atoms with Crippen LogP contribution in [0.3, 0.4) is 0 Å². The van der Waals surface area contributed by atoms with Crippen molar-refractivity contribution in [3.8, 4) is 0 Å². The minimum Gasteiger partial charge on any atom is -0.322 e. The maximum absolute atomic E-state index is 13.2. The van der Waals surface area contributed by atoms with Crippen LogP contribution in [0.4, 0.5) is 18.9 Å². The number of hydrogen-bond acceptors (Lipinski definition) is 3. The number of halogens is 3. The molecule has 3 aromatic rings. The molecule has 0 aliphatic carbocycles. The molecule has 0 spiro atoms. The number of carbonyl (C=O) groups is 1. The maximum Gasteiger partial charge on any atom is 0.417 e. The number of carbonyl (C=O) groups excluding carboxylic acids is 1. The molecule has 0 fully saturated rings. The summed E-state index contributed by atoms with van der Waals surface area (Å²) in [6.45, 7) is 2.29. The topological polar surface area (TPSA) is 66.5 Å². The fraction of sp³-hybridized carbons (Fsp3) is 0.208. The van der Waals surface area contributed by atoms with Gasteiger partial charge in [0.25, 0.3) is 5.91 Å². The highest BCUT2D eigenvalue weighted by Crippen LogP contribution is 2.32. The summed E-state index contributed by atoms with van der Waals surface area (Å²) in [5.41, 5.74) is 1.37. The molecule has 0 saturated carbocycles. The summed E-state index contributed by atoms with van der Waals surface area (Å²) >= 11 is 0. The maximum atomic E-state index is 13.2. The Labute approximate surface area is 189 Å². The summed E-state index contributed by atoms with van der Waals surface area (Å²) in [5, 5.41) is 2.51. The monoisotopic (exact) mass is 474 g/mol. The number of nitrogens with zero attached hydrogens (tertiary/aromatic N) is 1. The third-order valence-corrected chi connectivity index (χ3v) is 7.44. The molecule has 0 radical (unpaired) electrons. The van der Waals surface area contributed by atoms with Gasteiger partial charge in [-0.3, -0.25) is 4.79 Å². The number of fused-ring (bicyclic) bond motifs is 1. The van der Waals surface area contributed by atoms with E-state index in [0.717, 1.165) is 23.3 Å². The Kier molecular flexibility index (Phi) is 6.02. The summed E-state index contributed by atoms with van der Waals surface area (Å²) in [5.74, 6) is -0.886. The van der Waals surface area contributed by atoms with Gasteiger partial charge >= 0.3 is 6.18 Å². The number of benzene rings is 3. The van der Waals surface area contributed by atoms with E-state index >= 15 is 0 Å². The van der Waals surface area contributed by atoms with Crippen molar-refractivity contribution in [2.75, 3.05) is 11.9 Å². The predicted molar refractivity (Wildman–Crippen MR) is 118 cm³/mol. The molecule has 5 nitrogen and oxygen atoms in total. The average molecular weight is 475 g/mol. The van der Waals surface area contributed by atoms with Crippen LogP contribution in [0.15, 0.2) is 71.6 Å². The first-order chi connectivity index (χ1) is 15.6. The van der Waals surface area contributed by atoms with Gasteiger partial charge in [0.05, 0.1) is 16.0 Å². The lowest BCUT2D eigenvalue weighted by Crippen LogP contribution is -2.36. The molecule has 0 atom stereocenters. The van der Waals surface area contributed by atoms with Crippen LogP contribution in [-0.4, -0.2) is 25.2 Å². The van der Waals surface area contributed by atoms with Crippen LogP contribution in [-0.2, 0) is 29.2 Å². The molecular formula is C24H21F3N2O3S. The summed E-state index contributed by atoms with van der Waals surface area (Å²) in [6.07, 6.45) is -4.17. The van der Waals surface area contributed by atoms with E-state index in [9.17, 15) is 26.4 Å². The Hall–Kier alpha value is -3.17. The second kappa shape index (κ2) is 8.64. The van der Waals surface area contributed by atoms with Crippen LogP contribution >= 0.6 is 0 Å². The zero-order valence-corrected chi connectivity index (χ0v) is 18.5. The highest BCUT2D eigenvalue weighted by molar-refractivity contribution is 7.89. The highest BCUT2D eigenvalue weighted by atomic mass is 32.2. The molecule has 0 saturated heterocycles. The predicted octanol–water partition coefficient (Wildman–Crippen LogP) is 5.01. The molecule has 1 aliphatic rings. The van der Waals surface area contributed by atoms with Crippen LogP contribution < -0.4 is 5.32 Å². The van der Waals surface area contributed by atoms with Gasteiger partial charge in [-0.25, -0.2) is 8.42 Å². The Balaban J connectivity index is 1.57. The minimum atomic E-state index is -4.66. The largest absolute Gasteiger partial charge is 0.417 e. The van der Waals surface area contributed by atoms with Crippen molar-refractivity contribution in [3.63, 3.8) is 0 Å². The van der Waals surface area contributed by atoms with Crippen LogP contribution in [0, 0.1) is 6.92 Å². The Morgan fingerprint density at radius 2 is 1.67 bits per heavy atom. The Morgan fingerprint density at radius 1 is 0.970 bits per heavy atom. The number of aryl methyl sites for hydroxylation is 1. The SMILES string of the molecule is Cc1ccc(S(=O)(=O)N2CCc3ccc(NC(=O)c4ccccc4C(F)(F)F)cc3C2)cc1. The molecule has 0 unspecified atom stereocenters. The van der Waals surface area contributed by atoms with E-state index in [2.05, 4.69) is 5.32 Å². The smallest absolute Gasteiger partial charge is 0.322 e. The molecule has 172 valence electrons. The second-order valence-corrected chi connectivity index (χ2v) is 9.82. The number of sulfonamides is 1. The van der Waals surface area contributed by atoms with Crippen LogP contribution in [0.5, 0.6) is 0 Å². The number of rotatable bonds is 4. The first-order valence-corrected chi connectivity index (χ1v) is 11.7. The van der Waals surface area contributed by atoms with Crippen molar-refractivity contribution >= 4 is 21.6 Å². The first kappa shape index (κ1) is 23.0. The molecule has 3 aromatic carbocycles. The van der Waals surface area contributed by atoms with Crippen LogP contribution in [0.2, 0.25) is 0 Å². The van der Waals surface area contributed by atoms with E-state index in [-0.39, 0.29) is 11.4 Å². The van der Waals surface area contributed by atoms with Gasteiger partial charge in [-0.15, -0.1) is 0 Å². The lowest BCUT2D eigenvalue weighted by molar-refractivity contribution is -0.137. The van der Waals surface area contributed by atoms with E-state index in [1.807, 2.05) is 6.92 Å². The van der Waals surface area contributed by atoms with Crippen molar-refractivity contribution in [2.24, 2.45) is 0 Å². The van der Waals surface area contributed by atoms with E-state index in [0.29, 0.717) is 24.2 Å². The fourth-order valence-electron chi connectivity index (χ4n) is 3.80. The van der Waals surface area contributed by atoms with E-state index in [1.54, 1.807) is 42.5 Å². The van der Waals surface area contributed by atoms with Gasteiger partial charge < -0.3 is 5.32 Å². The second-order valence-electron chi connectivity index (χ2n) is 7.88. The Bertz CT molecular complexity index is 1300. The summed E-state index contributed by atoms with van der Waals surface area (Å²) < 4.78 is 67.2. The van der Waals surface area contributed by atoms with Gasteiger partial charge in [-0.05, 0) is 60.9 Å². The van der Waals surface area contributed by atoms with Crippen molar-refractivity contribution in [3.05, 3.63) is 94.5 Å². The zero-order valence-electron chi connectivity index (χ0n) is 17.7. The minimum absolute atomic E-state index is 0.106. The number of alkyl halides is 3. The number of nitrogens with one attached hydrogen (secondary N) is 1. The van der Waals surface area contributed by atoms with Gasteiger partial charge in [0, 0.05) is 18.8 Å². The standard InChI is InChI=1S/C24H21F3N2O3S/c1-16-6-10-20(11-7-16)33(31,32)29-13-12-17-8-9-19(14-18(17)15-29)28-23(30)21-4-2-3-5-22(21)24(25,26)27/h2-11,14H,12-13,15H2,1H3,(H,28,30). The molecule has 4 rings (SSSR count). The molecule has 33 heavy (non-hydrogen) atoms. The molecule has 1 amide bonds. The number of amides is 1. The highest BCUT2D eigenvalue weighted by Gasteiger charge is 2.35. The molecule has 1 heterocycles. The average Bonchev–Trinajstić information content (AvgIpc) is 2.78. The summed E-state index contributed by atoms with van der Waals surface area (Å²) in [7, 11) is -3.70. The summed E-state index contributed by atoms with van der Waals surface area (Å²) in [4.78, 5) is 12.8. The molecule has 0 aromatic heterocycles. The third-order valence-electron chi connectivity index (χ3n) is 5.58. The zero-order chi connectivity index (χ0) is 23.8. The van der Waals surface area contributed by atoms with Gasteiger partial charge in [0.15, 0.2) is 0 Å². The lowest BCUT2D eigenvalue weighted by atomic mass is 10.00. The number of hydrogen-bond donors (Lipinski definition) is 1. The van der Waals surface area contributed by atoms with Gasteiger partial charge in [-0.2, -0.15) is 17.5 Å². The van der Waals surface area contributed by atoms with Crippen molar-refractivity contribution < 1.29 is 26.4 Å². The summed E-state index contributed by atoms with van der Waals surface area (Å²) in [6, 6.07) is 16.1. The van der Waals surface area contributed by atoms with Crippen molar-refractivity contribution in [2.45, 2.75) is 31.0 Å². The Morgan fingerprint density at radius 3 is 2.36 bits per heavy atom. The van der Waals surface area contributed by atoms with Gasteiger partial charge in [-0.1, -0.05) is 35.9 Å². The van der Waals surface area contributed by atoms with E-state index < -0.39 is 33.2 Å². The van der Waals surface area contributed by atoms with Crippen LogP contribution in [0.25, 0.3) is 0 Å². The quantitative estimate of drug-likeness (QED) is 0.578. The lowest BCUT2D eigenvalue weighted by Gasteiger charge is -2.28. The number of anilines is 1.